The van der Waals surface area contributed by atoms with Crippen LogP contribution in [0.4, 0.5) is 0 Å². The molecule has 0 aliphatic carbocycles. The number of rotatable bonds is 5. The largest absolute Gasteiger partial charge is 0.477 e. The van der Waals surface area contributed by atoms with E-state index in [1.807, 2.05) is 6.07 Å². The van der Waals surface area contributed by atoms with E-state index in [1.165, 1.54) is 0 Å². The van der Waals surface area contributed by atoms with E-state index in [-0.39, 0.29) is 29.1 Å². The quantitative estimate of drug-likeness (QED) is 0.523. The number of amides is 2. The highest BCUT2D eigenvalue weighted by atomic mass is 79.9. The van der Waals surface area contributed by atoms with Gasteiger partial charge in [-0.25, -0.2) is 4.79 Å². The lowest BCUT2D eigenvalue weighted by atomic mass is 10.0. The number of carboxylic acids is 1. The van der Waals surface area contributed by atoms with Crippen LogP contribution in [0.2, 0.25) is 0 Å². The van der Waals surface area contributed by atoms with Gasteiger partial charge in [0.15, 0.2) is 0 Å². The second-order valence-electron chi connectivity index (χ2n) is 5.72. The fourth-order valence-electron chi connectivity index (χ4n) is 2.96. The van der Waals surface area contributed by atoms with Crippen LogP contribution >= 0.6 is 15.9 Å². The van der Waals surface area contributed by atoms with Gasteiger partial charge in [0, 0.05) is 5.33 Å². The Balaban J connectivity index is 1.75. The number of nitrogens with one attached hydrogen (secondary N) is 1. The molecule has 3 rings (SSSR count). The molecule has 0 radical (unpaired) electrons. The Labute approximate surface area is 154 Å². The Bertz CT molecular complexity index is 795. The summed E-state index contributed by atoms with van der Waals surface area (Å²) in [7, 11) is -1.47. The molecule has 2 amide bonds. The van der Waals surface area contributed by atoms with E-state index in [0.717, 1.165) is 10.5 Å². The Morgan fingerprint density at radius 3 is 2.60 bits per heavy atom. The second kappa shape index (κ2) is 7.09. The van der Waals surface area contributed by atoms with Crippen LogP contribution in [-0.2, 0) is 31.6 Å². The molecular weight excluding hydrogens is 412 g/mol. The first-order valence-corrected chi connectivity index (χ1v) is 9.99. The topological polar surface area (TPSA) is 104 Å². The van der Waals surface area contributed by atoms with Gasteiger partial charge in [-0.3, -0.25) is 18.7 Å². The van der Waals surface area contributed by atoms with Crippen molar-refractivity contribution in [1.82, 2.24) is 10.2 Å². The average Bonchev–Trinajstić information content (AvgIpc) is 2.59. The molecule has 1 fully saturated rings. The first-order valence-electron chi connectivity index (χ1n) is 7.49. The molecule has 25 heavy (non-hydrogen) atoms. The summed E-state index contributed by atoms with van der Waals surface area (Å²) in [6, 6.07) is 8.08. The molecular formula is C16H15BrN2O5S. The van der Waals surface area contributed by atoms with E-state index in [0.29, 0.717) is 5.57 Å². The van der Waals surface area contributed by atoms with Crippen molar-refractivity contribution < 1.29 is 23.7 Å². The fraction of sp³-hybridized carbons (Fsp3) is 0.312. The summed E-state index contributed by atoms with van der Waals surface area (Å²) in [6.45, 7) is 0. The molecule has 2 aliphatic rings. The van der Waals surface area contributed by atoms with Crippen molar-refractivity contribution in [2.24, 2.45) is 0 Å². The molecule has 0 aromatic heterocycles. The van der Waals surface area contributed by atoms with Gasteiger partial charge in [-0.05, 0) is 11.1 Å². The van der Waals surface area contributed by atoms with Crippen LogP contribution in [0.5, 0.6) is 0 Å². The van der Waals surface area contributed by atoms with Crippen molar-refractivity contribution in [2.45, 2.75) is 17.8 Å². The van der Waals surface area contributed by atoms with Gasteiger partial charge in [0.05, 0.1) is 23.0 Å². The third-order valence-electron chi connectivity index (χ3n) is 4.09. The van der Waals surface area contributed by atoms with E-state index in [4.69, 9.17) is 0 Å². The maximum absolute atomic E-state index is 12.4. The standard InChI is InChI=1S/C16H15BrN2O5S/c17-7-10-8-25(24)15-12(14(21)19(15)13(10)16(22)23)18-11(20)6-9-4-2-1-3-5-9/h1-5,12,15H,6-8H2,(H,18,20)(H,22,23). The third-order valence-corrected chi connectivity index (χ3v) is 6.42. The number of β-lactam (4-membered cyclic amide) rings is 1. The number of benzene rings is 1. The van der Waals surface area contributed by atoms with Crippen LogP contribution in [0.15, 0.2) is 41.6 Å². The minimum Gasteiger partial charge on any atom is -0.477 e. The molecule has 1 saturated heterocycles. The van der Waals surface area contributed by atoms with Gasteiger partial charge in [0.25, 0.3) is 5.91 Å². The monoisotopic (exact) mass is 426 g/mol. The number of carbonyl (C=O) groups is 3. The van der Waals surface area contributed by atoms with Crippen molar-refractivity contribution in [3.63, 3.8) is 0 Å². The minimum absolute atomic E-state index is 0.0619. The molecule has 0 spiro atoms. The first-order chi connectivity index (χ1) is 11.9. The number of halogens is 1. The summed E-state index contributed by atoms with van der Waals surface area (Å²) in [4.78, 5) is 37.0. The highest BCUT2D eigenvalue weighted by Gasteiger charge is 2.56. The molecule has 2 N–H and O–H groups in total. The lowest BCUT2D eigenvalue weighted by Gasteiger charge is -2.49. The number of hydrogen-bond acceptors (Lipinski definition) is 4. The number of carbonyl (C=O) groups excluding carboxylic acids is 2. The van der Waals surface area contributed by atoms with Crippen LogP contribution in [0.1, 0.15) is 5.56 Å². The first kappa shape index (κ1) is 17.8. The zero-order valence-electron chi connectivity index (χ0n) is 13.0. The molecule has 9 heteroatoms. The van der Waals surface area contributed by atoms with Gasteiger partial charge in [-0.15, -0.1) is 0 Å². The minimum atomic E-state index is -1.47. The van der Waals surface area contributed by atoms with Gasteiger partial charge in [-0.2, -0.15) is 0 Å². The summed E-state index contributed by atoms with van der Waals surface area (Å²) in [5.74, 6) is -2.09. The van der Waals surface area contributed by atoms with Crippen LogP contribution < -0.4 is 5.32 Å². The predicted molar refractivity (Wildman–Crippen MR) is 94.2 cm³/mol. The van der Waals surface area contributed by atoms with E-state index in [2.05, 4.69) is 21.2 Å². The van der Waals surface area contributed by atoms with Crippen molar-refractivity contribution in [3.05, 3.63) is 47.2 Å². The normalized spacial score (nSPS) is 25.2. The zero-order chi connectivity index (χ0) is 18.1. The van der Waals surface area contributed by atoms with Gasteiger partial charge in [-0.1, -0.05) is 46.3 Å². The lowest BCUT2D eigenvalue weighted by Crippen LogP contribution is -2.73. The number of hydrogen-bond donors (Lipinski definition) is 2. The van der Waals surface area contributed by atoms with E-state index < -0.39 is 34.1 Å². The number of fused-ring (bicyclic) bond motifs is 1. The highest BCUT2D eigenvalue weighted by molar-refractivity contribution is 9.09. The SMILES string of the molecule is O=C(Cc1ccccc1)NC1C(=O)N2C(C(=O)O)=C(CBr)CS(=O)C12. The molecule has 132 valence electrons. The molecule has 0 bridgehead atoms. The van der Waals surface area contributed by atoms with Crippen LogP contribution in [-0.4, -0.2) is 54.5 Å². The third kappa shape index (κ3) is 3.25. The van der Waals surface area contributed by atoms with Gasteiger partial charge in [0.2, 0.25) is 5.91 Å². The number of nitrogens with zero attached hydrogens (tertiary/aromatic N) is 1. The number of carboxylic acid groups (broad SMARTS) is 1. The number of alkyl halides is 1. The lowest BCUT2D eigenvalue weighted by molar-refractivity contribution is -0.150. The molecule has 2 aliphatic heterocycles. The number of aliphatic carboxylic acids is 1. The molecule has 1 aromatic carbocycles. The molecule has 0 saturated carbocycles. The Morgan fingerprint density at radius 2 is 2.00 bits per heavy atom. The van der Waals surface area contributed by atoms with Crippen molar-refractivity contribution in [3.8, 4) is 0 Å². The summed E-state index contributed by atoms with van der Waals surface area (Å²) in [5.41, 5.74) is 1.06. The second-order valence-corrected chi connectivity index (χ2v) is 7.82. The Kier molecular flexibility index (Phi) is 5.05. The van der Waals surface area contributed by atoms with Gasteiger partial charge >= 0.3 is 5.97 Å². The summed E-state index contributed by atoms with van der Waals surface area (Å²) >= 11 is 3.17. The van der Waals surface area contributed by atoms with E-state index in [1.54, 1.807) is 24.3 Å². The van der Waals surface area contributed by atoms with Crippen LogP contribution in [0, 0.1) is 0 Å². The molecule has 3 atom stereocenters. The fourth-order valence-corrected chi connectivity index (χ4v) is 5.37. The average molecular weight is 427 g/mol. The van der Waals surface area contributed by atoms with E-state index in [9.17, 15) is 23.7 Å². The Morgan fingerprint density at radius 1 is 1.32 bits per heavy atom. The maximum Gasteiger partial charge on any atom is 0.352 e. The summed E-state index contributed by atoms with van der Waals surface area (Å²) < 4.78 is 12.4. The van der Waals surface area contributed by atoms with Crippen LogP contribution in [0.3, 0.4) is 0 Å². The smallest absolute Gasteiger partial charge is 0.352 e. The maximum atomic E-state index is 12.4. The van der Waals surface area contributed by atoms with Gasteiger partial charge < -0.3 is 10.4 Å². The van der Waals surface area contributed by atoms with Crippen molar-refractivity contribution in [2.75, 3.05) is 11.1 Å². The van der Waals surface area contributed by atoms with Crippen molar-refractivity contribution in [1.29, 1.82) is 0 Å². The zero-order valence-corrected chi connectivity index (χ0v) is 15.4. The summed E-state index contributed by atoms with van der Waals surface area (Å²) in [6.07, 6.45) is 0.0955. The summed E-state index contributed by atoms with van der Waals surface area (Å²) in [5, 5.41) is 11.3. The molecule has 1 aromatic rings. The van der Waals surface area contributed by atoms with Crippen LogP contribution in [0.25, 0.3) is 0 Å². The predicted octanol–water partition coefficient (Wildman–Crippen LogP) is 0.378. The van der Waals surface area contributed by atoms with Gasteiger partial charge in [0.1, 0.15) is 17.1 Å². The van der Waals surface area contributed by atoms with E-state index >= 15 is 0 Å². The molecule has 3 unspecified atom stereocenters. The van der Waals surface area contributed by atoms with Crippen molar-refractivity contribution >= 4 is 44.5 Å². The highest BCUT2D eigenvalue weighted by Crippen LogP contribution is 2.35. The molecule has 7 nitrogen and oxygen atoms in total. The molecule has 2 heterocycles. The Hall–Kier alpha value is -2.00.